The van der Waals surface area contributed by atoms with Crippen LogP contribution < -0.4 is 5.32 Å². The first-order valence-corrected chi connectivity index (χ1v) is 5.95. The Kier molecular flexibility index (Phi) is 4.97. The average molecular weight is 220 g/mol. The van der Waals surface area contributed by atoms with Crippen LogP contribution in [0.2, 0.25) is 0 Å². The highest BCUT2D eigenvalue weighted by Gasteiger charge is 2.04. The number of nitrogens with zero attached hydrogens (tertiary/aromatic N) is 1. The van der Waals surface area contributed by atoms with Crippen LogP contribution in [0.15, 0.2) is 12.1 Å². The van der Waals surface area contributed by atoms with E-state index >= 15 is 0 Å². The van der Waals surface area contributed by atoms with Gasteiger partial charge in [0.2, 0.25) is 0 Å². The van der Waals surface area contributed by atoms with Crippen molar-refractivity contribution in [1.82, 2.24) is 10.2 Å². The van der Waals surface area contributed by atoms with E-state index in [-0.39, 0.29) is 0 Å². The predicted molar refractivity (Wildman–Crippen MR) is 70.9 cm³/mol. The molecule has 1 aromatic carbocycles. The lowest BCUT2D eigenvalue weighted by Gasteiger charge is -2.17. The summed E-state index contributed by atoms with van der Waals surface area (Å²) in [6.07, 6.45) is 1.13. The first-order valence-electron chi connectivity index (χ1n) is 5.95. The fourth-order valence-corrected chi connectivity index (χ4v) is 1.94. The lowest BCUT2D eigenvalue weighted by atomic mass is 9.97. The standard InChI is InChI=1S/C14H24N2/c1-11-6-7-14(13(3)12(11)2)8-9-16(5)10-15-4/h6-7,15H,8-10H2,1-5H3. The van der Waals surface area contributed by atoms with Crippen LogP contribution >= 0.6 is 0 Å². The van der Waals surface area contributed by atoms with Crippen molar-refractivity contribution in [1.29, 1.82) is 0 Å². The Hall–Kier alpha value is -0.860. The van der Waals surface area contributed by atoms with Gasteiger partial charge in [0.25, 0.3) is 0 Å². The van der Waals surface area contributed by atoms with E-state index in [9.17, 15) is 0 Å². The highest BCUT2D eigenvalue weighted by Crippen LogP contribution is 2.17. The van der Waals surface area contributed by atoms with Crippen LogP contribution in [0, 0.1) is 20.8 Å². The maximum Gasteiger partial charge on any atom is 0.0475 e. The molecule has 16 heavy (non-hydrogen) atoms. The molecule has 0 saturated carbocycles. The third kappa shape index (κ3) is 3.32. The fourth-order valence-electron chi connectivity index (χ4n) is 1.94. The van der Waals surface area contributed by atoms with Crippen LogP contribution in [0.5, 0.6) is 0 Å². The Morgan fingerprint density at radius 2 is 1.81 bits per heavy atom. The van der Waals surface area contributed by atoms with Crippen LogP contribution in [0.4, 0.5) is 0 Å². The van der Waals surface area contributed by atoms with Crippen molar-refractivity contribution in [2.75, 3.05) is 27.3 Å². The molecule has 0 saturated heterocycles. The van der Waals surface area contributed by atoms with Gasteiger partial charge in [-0.15, -0.1) is 0 Å². The molecule has 1 N–H and O–H groups in total. The lowest BCUT2D eigenvalue weighted by Crippen LogP contribution is -2.30. The third-order valence-corrected chi connectivity index (χ3v) is 3.36. The first-order chi connectivity index (χ1) is 7.56. The number of aryl methyl sites for hydroxylation is 1. The van der Waals surface area contributed by atoms with Crippen molar-refractivity contribution in [2.45, 2.75) is 27.2 Å². The highest BCUT2D eigenvalue weighted by atomic mass is 15.2. The minimum absolute atomic E-state index is 0.948. The summed E-state index contributed by atoms with van der Waals surface area (Å²) in [6.45, 7) is 8.68. The predicted octanol–water partition coefficient (Wildman–Crippen LogP) is 2.26. The Balaban J connectivity index is 2.64. The third-order valence-electron chi connectivity index (χ3n) is 3.36. The molecule has 0 heterocycles. The summed E-state index contributed by atoms with van der Waals surface area (Å²) >= 11 is 0. The van der Waals surface area contributed by atoms with E-state index < -0.39 is 0 Å². The summed E-state index contributed by atoms with van der Waals surface area (Å²) < 4.78 is 0. The fraction of sp³-hybridized carbons (Fsp3) is 0.571. The van der Waals surface area contributed by atoms with E-state index in [4.69, 9.17) is 0 Å². The molecule has 1 rings (SSSR count). The first kappa shape index (κ1) is 13.2. The van der Waals surface area contributed by atoms with E-state index in [0.29, 0.717) is 0 Å². The summed E-state index contributed by atoms with van der Waals surface area (Å²) in [6, 6.07) is 4.50. The molecule has 2 nitrogen and oxygen atoms in total. The molecule has 0 aliphatic carbocycles. The van der Waals surface area contributed by atoms with E-state index in [2.05, 4.69) is 50.2 Å². The van der Waals surface area contributed by atoms with Crippen molar-refractivity contribution in [3.05, 3.63) is 34.4 Å². The summed E-state index contributed by atoms with van der Waals surface area (Å²) in [5.74, 6) is 0. The van der Waals surface area contributed by atoms with Gasteiger partial charge in [-0.2, -0.15) is 0 Å². The van der Waals surface area contributed by atoms with Gasteiger partial charge in [0.05, 0.1) is 0 Å². The highest BCUT2D eigenvalue weighted by molar-refractivity contribution is 5.38. The Morgan fingerprint density at radius 3 is 2.44 bits per heavy atom. The number of hydrogen-bond acceptors (Lipinski definition) is 2. The van der Waals surface area contributed by atoms with Gasteiger partial charge in [-0.05, 0) is 63.5 Å². The van der Waals surface area contributed by atoms with Crippen LogP contribution in [0.25, 0.3) is 0 Å². The molecule has 0 fully saturated rings. The quantitative estimate of drug-likeness (QED) is 0.766. The van der Waals surface area contributed by atoms with Crippen molar-refractivity contribution in [2.24, 2.45) is 0 Å². The van der Waals surface area contributed by atoms with Crippen LogP contribution in [0.3, 0.4) is 0 Å². The van der Waals surface area contributed by atoms with Gasteiger partial charge >= 0.3 is 0 Å². The molecule has 0 unspecified atom stereocenters. The molecule has 0 aromatic heterocycles. The number of benzene rings is 1. The SMILES string of the molecule is CNCN(C)CCc1ccc(C)c(C)c1C. The zero-order chi connectivity index (χ0) is 12.1. The summed E-state index contributed by atoms with van der Waals surface area (Å²) in [5.41, 5.74) is 5.77. The van der Waals surface area contributed by atoms with E-state index in [1.54, 1.807) is 0 Å². The van der Waals surface area contributed by atoms with Gasteiger partial charge in [0, 0.05) is 13.2 Å². The number of likely N-dealkylation sites (N-methyl/N-ethyl adjacent to an activating group) is 1. The normalized spacial score (nSPS) is 11.1. The maximum absolute atomic E-state index is 3.16. The molecule has 0 bridgehead atoms. The molecular formula is C14H24N2. The molecule has 0 amide bonds. The van der Waals surface area contributed by atoms with Gasteiger partial charge in [0.15, 0.2) is 0 Å². The van der Waals surface area contributed by atoms with Gasteiger partial charge < -0.3 is 5.32 Å². The Bertz CT molecular complexity index is 345. The molecule has 0 radical (unpaired) electrons. The van der Waals surface area contributed by atoms with E-state index in [1.165, 1.54) is 22.3 Å². The van der Waals surface area contributed by atoms with Gasteiger partial charge in [-0.3, -0.25) is 4.90 Å². The summed E-state index contributed by atoms with van der Waals surface area (Å²) in [5, 5.41) is 3.16. The zero-order valence-corrected chi connectivity index (χ0v) is 11.2. The number of nitrogens with one attached hydrogen (secondary N) is 1. The van der Waals surface area contributed by atoms with Crippen molar-refractivity contribution < 1.29 is 0 Å². The lowest BCUT2D eigenvalue weighted by molar-refractivity contribution is 0.321. The van der Waals surface area contributed by atoms with Crippen molar-refractivity contribution in [3.63, 3.8) is 0 Å². The Morgan fingerprint density at radius 1 is 1.12 bits per heavy atom. The van der Waals surface area contributed by atoms with Gasteiger partial charge in [-0.25, -0.2) is 0 Å². The molecule has 2 heteroatoms. The summed E-state index contributed by atoms with van der Waals surface area (Å²) in [7, 11) is 4.13. The van der Waals surface area contributed by atoms with Gasteiger partial charge in [-0.1, -0.05) is 12.1 Å². The topological polar surface area (TPSA) is 15.3 Å². The maximum atomic E-state index is 3.16. The van der Waals surface area contributed by atoms with Crippen molar-refractivity contribution in [3.8, 4) is 0 Å². The molecule has 1 aromatic rings. The second kappa shape index (κ2) is 6.02. The monoisotopic (exact) mass is 220 g/mol. The van der Waals surface area contributed by atoms with Crippen LogP contribution in [-0.2, 0) is 6.42 Å². The second-order valence-corrected chi connectivity index (χ2v) is 4.63. The average Bonchev–Trinajstić information content (AvgIpc) is 2.25. The van der Waals surface area contributed by atoms with Crippen LogP contribution in [-0.4, -0.2) is 32.2 Å². The molecule has 0 aliphatic rings. The molecule has 0 aliphatic heterocycles. The molecule has 90 valence electrons. The minimum Gasteiger partial charge on any atom is -0.307 e. The molecule has 0 atom stereocenters. The van der Waals surface area contributed by atoms with Gasteiger partial charge in [0.1, 0.15) is 0 Å². The van der Waals surface area contributed by atoms with E-state index in [0.717, 1.165) is 19.6 Å². The van der Waals surface area contributed by atoms with E-state index in [1.807, 2.05) is 7.05 Å². The number of hydrogen-bond donors (Lipinski definition) is 1. The number of rotatable bonds is 5. The smallest absolute Gasteiger partial charge is 0.0475 e. The molecular weight excluding hydrogens is 196 g/mol. The Labute approximate surface area is 99.7 Å². The summed E-state index contributed by atoms with van der Waals surface area (Å²) in [4.78, 5) is 2.30. The second-order valence-electron chi connectivity index (χ2n) is 4.63. The largest absolute Gasteiger partial charge is 0.307 e. The minimum atomic E-state index is 0.948. The van der Waals surface area contributed by atoms with Crippen molar-refractivity contribution >= 4 is 0 Å². The zero-order valence-electron chi connectivity index (χ0n) is 11.2. The molecule has 0 spiro atoms. The van der Waals surface area contributed by atoms with Crippen LogP contribution in [0.1, 0.15) is 22.3 Å².